The van der Waals surface area contributed by atoms with Gasteiger partial charge in [0.2, 0.25) is 0 Å². The lowest BCUT2D eigenvalue weighted by molar-refractivity contribution is 0.390. The van der Waals surface area contributed by atoms with Gasteiger partial charge in [-0.2, -0.15) is 0 Å². The molecule has 0 spiro atoms. The van der Waals surface area contributed by atoms with E-state index in [9.17, 15) is 4.39 Å². The standard InChI is InChI=1S/C17H22FN3/c1-10(2)21-15-8-12(18)6-7-14(15)20-17(21)16-13-5-3-4-11(13)9-19-16/h6-8,10-11,13,16,19H,3-5,9H2,1-2H3. The first-order valence-electron chi connectivity index (χ1n) is 8.06. The summed E-state index contributed by atoms with van der Waals surface area (Å²) in [6.07, 6.45) is 3.97. The molecule has 1 aromatic carbocycles. The number of hydrogen-bond donors (Lipinski definition) is 1. The quantitative estimate of drug-likeness (QED) is 0.910. The third kappa shape index (κ3) is 2.00. The van der Waals surface area contributed by atoms with E-state index in [1.54, 1.807) is 12.1 Å². The van der Waals surface area contributed by atoms with Crippen LogP contribution in [0, 0.1) is 17.7 Å². The van der Waals surface area contributed by atoms with Crippen LogP contribution in [0.2, 0.25) is 0 Å². The van der Waals surface area contributed by atoms with Crippen molar-refractivity contribution in [3.63, 3.8) is 0 Å². The number of hydrogen-bond acceptors (Lipinski definition) is 2. The monoisotopic (exact) mass is 287 g/mol. The van der Waals surface area contributed by atoms with E-state index >= 15 is 0 Å². The summed E-state index contributed by atoms with van der Waals surface area (Å²) in [6.45, 7) is 5.40. The second-order valence-corrected chi connectivity index (χ2v) is 6.81. The molecular weight excluding hydrogens is 265 g/mol. The van der Waals surface area contributed by atoms with Gasteiger partial charge in [0.25, 0.3) is 0 Å². The van der Waals surface area contributed by atoms with E-state index in [4.69, 9.17) is 4.98 Å². The highest BCUT2D eigenvalue weighted by Crippen LogP contribution is 2.45. The Bertz CT molecular complexity index is 676. The highest BCUT2D eigenvalue weighted by atomic mass is 19.1. The molecule has 4 rings (SSSR count). The Morgan fingerprint density at radius 1 is 1.33 bits per heavy atom. The maximum Gasteiger partial charge on any atom is 0.127 e. The summed E-state index contributed by atoms with van der Waals surface area (Å²) in [5.41, 5.74) is 1.83. The van der Waals surface area contributed by atoms with Crippen molar-refractivity contribution in [2.24, 2.45) is 11.8 Å². The fraction of sp³-hybridized carbons (Fsp3) is 0.588. The van der Waals surface area contributed by atoms with Gasteiger partial charge in [0, 0.05) is 6.04 Å². The van der Waals surface area contributed by atoms with Crippen LogP contribution in [-0.4, -0.2) is 16.1 Å². The Morgan fingerprint density at radius 3 is 3.00 bits per heavy atom. The molecule has 1 N–H and O–H groups in total. The Balaban J connectivity index is 1.86. The zero-order chi connectivity index (χ0) is 14.6. The highest BCUT2D eigenvalue weighted by Gasteiger charge is 2.41. The minimum Gasteiger partial charge on any atom is -0.324 e. The molecule has 2 fully saturated rings. The Labute approximate surface area is 124 Å². The van der Waals surface area contributed by atoms with Gasteiger partial charge in [-0.1, -0.05) is 6.42 Å². The smallest absolute Gasteiger partial charge is 0.127 e. The molecule has 3 unspecified atom stereocenters. The fourth-order valence-corrected chi connectivity index (χ4v) is 4.32. The van der Waals surface area contributed by atoms with Gasteiger partial charge in [-0.05, 0) is 63.3 Å². The molecule has 0 amide bonds. The van der Waals surface area contributed by atoms with Gasteiger partial charge >= 0.3 is 0 Å². The Morgan fingerprint density at radius 2 is 2.19 bits per heavy atom. The first kappa shape index (κ1) is 13.3. The van der Waals surface area contributed by atoms with E-state index in [-0.39, 0.29) is 11.9 Å². The molecule has 3 nitrogen and oxygen atoms in total. The first-order valence-corrected chi connectivity index (χ1v) is 8.06. The van der Waals surface area contributed by atoms with Gasteiger partial charge in [0.05, 0.1) is 17.1 Å². The van der Waals surface area contributed by atoms with Crippen LogP contribution in [0.25, 0.3) is 11.0 Å². The average Bonchev–Trinajstić information content (AvgIpc) is 3.09. The molecule has 1 saturated heterocycles. The van der Waals surface area contributed by atoms with Crippen molar-refractivity contribution in [3.05, 3.63) is 29.8 Å². The third-order valence-electron chi connectivity index (χ3n) is 5.22. The second kappa shape index (κ2) is 4.80. The summed E-state index contributed by atoms with van der Waals surface area (Å²) in [4.78, 5) is 4.85. The van der Waals surface area contributed by atoms with Crippen LogP contribution in [0.3, 0.4) is 0 Å². The van der Waals surface area contributed by atoms with Crippen LogP contribution in [0.1, 0.15) is 51.0 Å². The van der Waals surface area contributed by atoms with E-state index < -0.39 is 0 Å². The number of benzene rings is 1. The van der Waals surface area contributed by atoms with E-state index in [0.717, 1.165) is 29.3 Å². The average molecular weight is 287 g/mol. The van der Waals surface area contributed by atoms with Crippen LogP contribution in [0.4, 0.5) is 4.39 Å². The zero-order valence-electron chi connectivity index (χ0n) is 12.6. The molecule has 2 aromatic rings. The number of nitrogens with zero attached hydrogens (tertiary/aromatic N) is 2. The lowest BCUT2D eigenvalue weighted by Gasteiger charge is -2.21. The maximum absolute atomic E-state index is 13.6. The lowest BCUT2D eigenvalue weighted by atomic mass is 9.93. The summed E-state index contributed by atoms with van der Waals surface area (Å²) in [7, 11) is 0. The molecule has 1 aromatic heterocycles. The number of nitrogens with one attached hydrogen (secondary N) is 1. The largest absolute Gasteiger partial charge is 0.324 e. The normalized spacial score (nSPS) is 28.7. The van der Waals surface area contributed by atoms with Crippen molar-refractivity contribution in [2.45, 2.75) is 45.2 Å². The molecule has 4 heteroatoms. The lowest BCUT2D eigenvalue weighted by Crippen LogP contribution is -2.23. The molecule has 21 heavy (non-hydrogen) atoms. The third-order valence-corrected chi connectivity index (χ3v) is 5.22. The van der Waals surface area contributed by atoms with Crippen LogP contribution >= 0.6 is 0 Å². The van der Waals surface area contributed by atoms with Gasteiger partial charge < -0.3 is 9.88 Å². The van der Waals surface area contributed by atoms with E-state index in [2.05, 4.69) is 23.7 Å². The summed E-state index contributed by atoms with van der Waals surface area (Å²) < 4.78 is 15.8. The van der Waals surface area contributed by atoms with Gasteiger partial charge in [-0.3, -0.25) is 0 Å². The molecule has 2 heterocycles. The summed E-state index contributed by atoms with van der Waals surface area (Å²) >= 11 is 0. The van der Waals surface area contributed by atoms with E-state index in [1.807, 2.05) is 0 Å². The van der Waals surface area contributed by atoms with Gasteiger partial charge in [0.1, 0.15) is 11.6 Å². The van der Waals surface area contributed by atoms with Crippen LogP contribution in [-0.2, 0) is 0 Å². The van der Waals surface area contributed by atoms with E-state index in [0.29, 0.717) is 12.0 Å². The Kier molecular flexibility index (Phi) is 3.03. The van der Waals surface area contributed by atoms with E-state index in [1.165, 1.54) is 25.3 Å². The van der Waals surface area contributed by atoms with Gasteiger partial charge in [0.15, 0.2) is 0 Å². The topological polar surface area (TPSA) is 29.9 Å². The summed E-state index contributed by atoms with van der Waals surface area (Å²) in [5, 5.41) is 3.67. The fourth-order valence-electron chi connectivity index (χ4n) is 4.32. The SMILES string of the molecule is CC(C)n1c(C2NCC3CCCC32)nc2ccc(F)cc21. The number of halogens is 1. The summed E-state index contributed by atoms with van der Waals surface area (Å²) in [6, 6.07) is 5.54. The van der Waals surface area contributed by atoms with Crippen LogP contribution < -0.4 is 5.32 Å². The van der Waals surface area contributed by atoms with Crippen molar-refractivity contribution in [1.29, 1.82) is 0 Å². The number of imidazole rings is 1. The maximum atomic E-state index is 13.6. The second-order valence-electron chi connectivity index (χ2n) is 6.81. The molecular formula is C17H22FN3. The van der Waals surface area contributed by atoms with Crippen molar-refractivity contribution in [3.8, 4) is 0 Å². The predicted molar refractivity (Wildman–Crippen MR) is 81.7 cm³/mol. The molecule has 2 aliphatic rings. The van der Waals surface area contributed by atoms with Crippen molar-refractivity contribution in [2.75, 3.05) is 6.54 Å². The minimum absolute atomic E-state index is 0.186. The van der Waals surface area contributed by atoms with Crippen molar-refractivity contribution < 1.29 is 4.39 Å². The Hall–Kier alpha value is -1.42. The number of aromatic nitrogens is 2. The van der Waals surface area contributed by atoms with Crippen molar-refractivity contribution in [1.82, 2.24) is 14.9 Å². The molecule has 1 aliphatic carbocycles. The molecule has 112 valence electrons. The van der Waals surface area contributed by atoms with Gasteiger partial charge in [-0.15, -0.1) is 0 Å². The molecule has 3 atom stereocenters. The van der Waals surface area contributed by atoms with Crippen LogP contribution in [0.15, 0.2) is 18.2 Å². The zero-order valence-corrected chi connectivity index (χ0v) is 12.6. The van der Waals surface area contributed by atoms with Crippen LogP contribution in [0.5, 0.6) is 0 Å². The van der Waals surface area contributed by atoms with Gasteiger partial charge in [-0.25, -0.2) is 9.37 Å². The first-order chi connectivity index (χ1) is 10.1. The number of rotatable bonds is 2. The molecule has 0 bridgehead atoms. The molecule has 0 radical (unpaired) electrons. The molecule has 1 aliphatic heterocycles. The molecule has 1 saturated carbocycles. The summed E-state index contributed by atoms with van der Waals surface area (Å²) in [5.74, 6) is 2.41. The highest BCUT2D eigenvalue weighted by molar-refractivity contribution is 5.76. The van der Waals surface area contributed by atoms with Crippen molar-refractivity contribution >= 4 is 11.0 Å². The minimum atomic E-state index is -0.186. The number of fused-ring (bicyclic) bond motifs is 2. The predicted octanol–water partition coefficient (Wildman–Crippen LogP) is 3.82.